The third-order valence-electron chi connectivity index (χ3n) is 2.08. The van der Waals surface area contributed by atoms with Crippen molar-refractivity contribution in [3.8, 4) is 0 Å². The van der Waals surface area contributed by atoms with E-state index < -0.39 is 0 Å². The van der Waals surface area contributed by atoms with E-state index in [1.807, 2.05) is 6.92 Å². The van der Waals surface area contributed by atoms with Gasteiger partial charge in [-0.2, -0.15) is 0 Å². The van der Waals surface area contributed by atoms with Gasteiger partial charge in [-0.1, -0.05) is 0 Å². The Balaban J connectivity index is 2.41. The number of hydrogen-bond donors (Lipinski definition) is 2. The van der Waals surface area contributed by atoms with Crippen molar-refractivity contribution in [3.63, 3.8) is 0 Å². The van der Waals surface area contributed by atoms with E-state index in [1.165, 1.54) is 0 Å². The molecule has 0 spiro atoms. The highest BCUT2D eigenvalue weighted by Crippen LogP contribution is 2.17. The van der Waals surface area contributed by atoms with Gasteiger partial charge in [-0.05, 0) is 19.8 Å². The molecule has 0 bridgehead atoms. The van der Waals surface area contributed by atoms with E-state index in [1.54, 1.807) is 7.05 Å². The molecule has 0 saturated carbocycles. The van der Waals surface area contributed by atoms with Gasteiger partial charge >= 0.3 is 6.03 Å². The lowest BCUT2D eigenvalue weighted by atomic mass is 9.95. The molecule has 0 radical (unpaired) electrons. The second-order valence-corrected chi connectivity index (χ2v) is 3.42. The average Bonchev–Trinajstić information content (AvgIpc) is 2.05. The van der Waals surface area contributed by atoms with Crippen LogP contribution in [0.4, 0.5) is 4.79 Å². The Morgan fingerprint density at radius 2 is 2.33 bits per heavy atom. The molecule has 1 aliphatic rings. The second kappa shape index (κ2) is 3.76. The molecule has 0 aromatic carbocycles. The van der Waals surface area contributed by atoms with Crippen molar-refractivity contribution >= 4 is 6.03 Å². The summed E-state index contributed by atoms with van der Waals surface area (Å²) in [7, 11) is 1.61. The fourth-order valence-electron chi connectivity index (χ4n) is 1.37. The first kappa shape index (κ1) is 9.32. The van der Waals surface area contributed by atoms with Gasteiger partial charge in [-0.15, -0.1) is 0 Å². The largest absolute Gasteiger partial charge is 0.379 e. The van der Waals surface area contributed by atoms with Gasteiger partial charge in [0.2, 0.25) is 0 Å². The number of carbonyl (C=O) groups is 1. The molecule has 1 fully saturated rings. The van der Waals surface area contributed by atoms with E-state index in [9.17, 15) is 4.79 Å². The molecule has 70 valence electrons. The molecule has 1 saturated heterocycles. The van der Waals surface area contributed by atoms with E-state index in [4.69, 9.17) is 4.74 Å². The highest BCUT2D eigenvalue weighted by molar-refractivity contribution is 5.74. The minimum absolute atomic E-state index is 0.136. The van der Waals surface area contributed by atoms with Crippen molar-refractivity contribution in [2.45, 2.75) is 25.3 Å². The van der Waals surface area contributed by atoms with Gasteiger partial charge in [0, 0.05) is 13.7 Å². The van der Waals surface area contributed by atoms with Gasteiger partial charge in [0.05, 0.1) is 12.1 Å². The lowest BCUT2D eigenvalue weighted by molar-refractivity contribution is 0.0335. The van der Waals surface area contributed by atoms with Crippen molar-refractivity contribution in [1.29, 1.82) is 0 Å². The molecule has 1 aliphatic heterocycles. The summed E-state index contributed by atoms with van der Waals surface area (Å²) in [6.45, 7) is 3.42. The molecule has 12 heavy (non-hydrogen) atoms. The molecular weight excluding hydrogens is 156 g/mol. The normalized spacial score (nSPS) is 29.5. The Hall–Kier alpha value is -0.770. The standard InChI is InChI=1S/C8H16N2O2/c1-8(10-7(11)9-2)4-3-5-12-6-8/h3-6H2,1-2H3,(H2,9,10,11). The van der Waals surface area contributed by atoms with Crippen LogP contribution in [0.25, 0.3) is 0 Å². The summed E-state index contributed by atoms with van der Waals surface area (Å²) < 4.78 is 5.29. The highest BCUT2D eigenvalue weighted by Gasteiger charge is 2.28. The fourth-order valence-corrected chi connectivity index (χ4v) is 1.37. The first-order valence-corrected chi connectivity index (χ1v) is 4.24. The Kier molecular flexibility index (Phi) is 2.92. The first-order chi connectivity index (χ1) is 5.66. The predicted molar refractivity (Wildman–Crippen MR) is 46.0 cm³/mol. The lowest BCUT2D eigenvalue weighted by Gasteiger charge is -2.33. The maximum Gasteiger partial charge on any atom is 0.315 e. The predicted octanol–water partition coefficient (Wildman–Crippen LogP) is 0.484. The van der Waals surface area contributed by atoms with Gasteiger partial charge in [0.25, 0.3) is 0 Å². The maximum atomic E-state index is 11.0. The molecule has 2 N–H and O–H groups in total. The molecule has 4 heteroatoms. The van der Waals surface area contributed by atoms with E-state index >= 15 is 0 Å². The van der Waals surface area contributed by atoms with Crippen LogP contribution in [0.1, 0.15) is 19.8 Å². The zero-order chi connectivity index (χ0) is 9.03. The second-order valence-electron chi connectivity index (χ2n) is 3.42. The van der Waals surface area contributed by atoms with Crippen molar-refractivity contribution in [2.75, 3.05) is 20.3 Å². The number of nitrogens with one attached hydrogen (secondary N) is 2. The maximum absolute atomic E-state index is 11.0. The Bertz CT molecular complexity index is 164. The van der Waals surface area contributed by atoms with Crippen LogP contribution in [0, 0.1) is 0 Å². The first-order valence-electron chi connectivity index (χ1n) is 4.24. The Labute approximate surface area is 72.7 Å². The summed E-state index contributed by atoms with van der Waals surface area (Å²) in [5.74, 6) is 0. The van der Waals surface area contributed by atoms with E-state index in [0.717, 1.165) is 19.4 Å². The molecule has 0 aromatic rings. The third kappa shape index (κ3) is 2.37. The van der Waals surface area contributed by atoms with Crippen LogP contribution in [0.2, 0.25) is 0 Å². The number of ether oxygens (including phenoxy) is 1. The number of rotatable bonds is 1. The number of urea groups is 1. The molecule has 0 aliphatic carbocycles. The zero-order valence-electron chi connectivity index (χ0n) is 7.64. The van der Waals surface area contributed by atoms with Crippen LogP contribution >= 0.6 is 0 Å². The van der Waals surface area contributed by atoms with Crippen molar-refractivity contribution in [1.82, 2.24) is 10.6 Å². The summed E-state index contributed by atoms with van der Waals surface area (Å²) in [4.78, 5) is 11.0. The molecule has 1 rings (SSSR count). The number of amides is 2. The van der Waals surface area contributed by atoms with Crippen molar-refractivity contribution in [3.05, 3.63) is 0 Å². The lowest BCUT2D eigenvalue weighted by Crippen LogP contribution is -2.54. The smallest absolute Gasteiger partial charge is 0.315 e. The van der Waals surface area contributed by atoms with Gasteiger partial charge in [-0.3, -0.25) is 0 Å². The topological polar surface area (TPSA) is 50.4 Å². The van der Waals surface area contributed by atoms with Crippen LogP contribution in [0.5, 0.6) is 0 Å². The number of carbonyl (C=O) groups excluding carboxylic acids is 1. The van der Waals surface area contributed by atoms with E-state index in [-0.39, 0.29) is 11.6 Å². The van der Waals surface area contributed by atoms with Crippen LogP contribution in [0.15, 0.2) is 0 Å². The van der Waals surface area contributed by atoms with Crippen molar-refractivity contribution in [2.24, 2.45) is 0 Å². The van der Waals surface area contributed by atoms with Crippen LogP contribution in [-0.2, 0) is 4.74 Å². The molecule has 1 heterocycles. The Morgan fingerprint density at radius 3 is 2.83 bits per heavy atom. The monoisotopic (exact) mass is 172 g/mol. The summed E-state index contributed by atoms with van der Waals surface area (Å²) in [6, 6.07) is -0.136. The molecule has 4 nitrogen and oxygen atoms in total. The Morgan fingerprint density at radius 1 is 1.58 bits per heavy atom. The van der Waals surface area contributed by atoms with Crippen LogP contribution in [-0.4, -0.2) is 31.8 Å². The molecule has 0 aromatic heterocycles. The summed E-state index contributed by atoms with van der Waals surface area (Å²) >= 11 is 0. The summed E-state index contributed by atoms with van der Waals surface area (Å²) in [6.07, 6.45) is 2.00. The van der Waals surface area contributed by atoms with Gasteiger partial charge in [0.1, 0.15) is 0 Å². The minimum atomic E-state index is -0.182. The SMILES string of the molecule is CNC(=O)NC1(C)CCCOC1. The minimum Gasteiger partial charge on any atom is -0.379 e. The van der Waals surface area contributed by atoms with E-state index in [2.05, 4.69) is 10.6 Å². The quantitative estimate of drug-likeness (QED) is 0.604. The molecule has 2 amide bonds. The average molecular weight is 172 g/mol. The van der Waals surface area contributed by atoms with Gasteiger partial charge in [0.15, 0.2) is 0 Å². The van der Waals surface area contributed by atoms with Gasteiger partial charge in [-0.25, -0.2) is 4.79 Å². The summed E-state index contributed by atoms with van der Waals surface area (Å²) in [5, 5.41) is 5.40. The number of hydrogen-bond acceptors (Lipinski definition) is 2. The van der Waals surface area contributed by atoms with Crippen LogP contribution in [0.3, 0.4) is 0 Å². The van der Waals surface area contributed by atoms with Crippen molar-refractivity contribution < 1.29 is 9.53 Å². The summed E-state index contributed by atoms with van der Waals surface area (Å²) in [5.41, 5.74) is -0.182. The van der Waals surface area contributed by atoms with Gasteiger partial charge < -0.3 is 15.4 Å². The fraction of sp³-hybridized carbons (Fsp3) is 0.875. The molecule has 1 unspecified atom stereocenters. The van der Waals surface area contributed by atoms with Crippen LogP contribution < -0.4 is 10.6 Å². The molecule has 1 atom stereocenters. The van der Waals surface area contributed by atoms with E-state index in [0.29, 0.717) is 6.61 Å². The molecular formula is C8H16N2O2. The third-order valence-corrected chi connectivity index (χ3v) is 2.08. The highest BCUT2D eigenvalue weighted by atomic mass is 16.5. The zero-order valence-corrected chi connectivity index (χ0v) is 7.64.